The molecule has 2 aromatic heterocycles. The highest BCUT2D eigenvalue weighted by atomic mass is 16.5. The van der Waals surface area contributed by atoms with Gasteiger partial charge in [-0.25, -0.2) is 9.97 Å². The van der Waals surface area contributed by atoms with Crippen molar-refractivity contribution in [1.82, 2.24) is 30.1 Å². The normalized spacial score (nSPS) is 18.2. The average molecular weight is 400 g/mol. The van der Waals surface area contributed by atoms with Gasteiger partial charge in [0.1, 0.15) is 11.6 Å². The summed E-state index contributed by atoms with van der Waals surface area (Å²) in [4.78, 5) is 15.6. The van der Waals surface area contributed by atoms with Crippen molar-refractivity contribution < 1.29 is 4.74 Å². The number of aryl methyl sites for hydroxylation is 1. The maximum atomic E-state index is 5.90. The highest BCUT2D eigenvalue weighted by Crippen LogP contribution is 2.09. The summed E-state index contributed by atoms with van der Waals surface area (Å²) in [6.45, 7) is 11.8. The van der Waals surface area contributed by atoms with Crippen molar-refractivity contribution in [3.63, 3.8) is 0 Å². The van der Waals surface area contributed by atoms with Crippen molar-refractivity contribution in [2.45, 2.75) is 33.4 Å². The molecule has 0 bridgehead atoms. The second kappa shape index (κ2) is 10.4. The van der Waals surface area contributed by atoms with Gasteiger partial charge in [-0.05, 0) is 24.5 Å². The molecule has 1 saturated heterocycles. The van der Waals surface area contributed by atoms with Crippen LogP contribution in [0.5, 0.6) is 0 Å². The summed E-state index contributed by atoms with van der Waals surface area (Å²) >= 11 is 0. The minimum atomic E-state index is 0.181. The summed E-state index contributed by atoms with van der Waals surface area (Å²) in [6.07, 6.45) is 5.75. The molecule has 3 rings (SSSR count). The Hall–Kier alpha value is -2.45. The Bertz CT molecular complexity index is 785. The van der Waals surface area contributed by atoms with Crippen LogP contribution < -0.4 is 10.6 Å². The highest BCUT2D eigenvalue weighted by Gasteiger charge is 2.21. The Balaban J connectivity index is 1.45. The number of pyridine rings is 1. The molecule has 0 aliphatic carbocycles. The number of rotatable bonds is 7. The average Bonchev–Trinajstić information content (AvgIpc) is 3.14. The van der Waals surface area contributed by atoms with E-state index in [1.54, 1.807) is 13.2 Å². The lowest BCUT2D eigenvalue weighted by Crippen LogP contribution is -2.50. The molecule has 2 aromatic rings. The second-order valence-corrected chi connectivity index (χ2v) is 7.82. The first-order valence-corrected chi connectivity index (χ1v) is 10.3. The van der Waals surface area contributed by atoms with Gasteiger partial charge < -0.3 is 15.4 Å². The zero-order valence-corrected chi connectivity index (χ0v) is 17.9. The van der Waals surface area contributed by atoms with Crippen LogP contribution in [0, 0.1) is 12.8 Å². The van der Waals surface area contributed by atoms with Crippen molar-refractivity contribution in [1.29, 1.82) is 0 Å². The predicted molar refractivity (Wildman–Crippen MR) is 115 cm³/mol. The van der Waals surface area contributed by atoms with Gasteiger partial charge in [-0.2, -0.15) is 0 Å². The van der Waals surface area contributed by atoms with Crippen LogP contribution in [0.2, 0.25) is 0 Å². The van der Waals surface area contributed by atoms with Crippen molar-refractivity contribution in [3.8, 4) is 5.82 Å². The van der Waals surface area contributed by atoms with E-state index in [0.717, 1.165) is 56.0 Å². The fourth-order valence-corrected chi connectivity index (χ4v) is 3.49. The standard InChI is InChI=1S/C21H33N7O/c1-16(2)14-27-9-10-29-19(15-27)13-26-21(22-4)25-12-18-5-6-20(24-11-18)28-8-7-23-17(28)3/h5-8,11,16,19H,9-10,12-15H2,1-4H3,(H2,22,25,26). The topological polar surface area (TPSA) is 79.6 Å². The number of hydrogen-bond donors (Lipinski definition) is 2. The Labute approximate surface area is 173 Å². The van der Waals surface area contributed by atoms with Crippen LogP contribution in [0.1, 0.15) is 25.2 Å². The molecule has 1 atom stereocenters. The van der Waals surface area contributed by atoms with E-state index in [4.69, 9.17) is 4.74 Å². The van der Waals surface area contributed by atoms with E-state index < -0.39 is 0 Å². The third-order valence-electron chi connectivity index (χ3n) is 4.91. The van der Waals surface area contributed by atoms with Gasteiger partial charge in [0, 0.05) is 58.4 Å². The maximum absolute atomic E-state index is 5.90. The molecular formula is C21H33N7O. The number of nitrogens with zero attached hydrogens (tertiary/aromatic N) is 5. The lowest BCUT2D eigenvalue weighted by Gasteiger charge is -2.34. The molecule has 1 unspecified atom stereocenters. The van der Waals surface area contributed by atoms with Crippen molar-refractivity contribution in [2.24, 2.45) is 10.9 Å². The molecule has 1 aliphatic rings. The highest BCUT2D eigenvalue weighted by molar-refractivity contribution is 5.79. The van der Waals surface area contributed by atoms with Crippen molar-refractivity contribution >= 4 is 5.96 Å². The van der Waals surface area contributed by atoms with E-state index >= 15 is 0 Å². The van der Waals surface area contributed by atoms with E-state index in [9.17, 15) is 0 Å². The van der Waals surface area contributed by atoms with Crippen LogP contribution in [0.25, 0.3) is 5.82 Å². The molecule has 0 spiro atoms. The molecule has 3 heterocycles. The third-order valence-corrected chi connectivity index (χ3v) is 4.91. The van der Waals surface area contributed by atoms with E-state index in [1.165, 1.54) is 0 Å². The van der Waals surface area contributed by atoms with Crippen LogP contribution in [0.3, 0.4) is 0 Å². The number of morpholine rings is 1. The van der Waals surface area contributed by atoms with Gasteiger partial charge in [0.2, 0.25) is 0 Å². The molecule has 8 nitrogen and oxygen atoms in total. The van der Waals surface area contributed by atoms with Crippen molar-refractivity contribution in [3.05, 3.63) is 42.1 Å². The molecule has 1 aliphatic heterocycles. The van der Waals surface area contributed by atoms with Gasteiger partial charge in [-0.15, -0.1) is 0 Å². The monoisotopic (exact) mass is 399 g/mol. The van der Waals surface area contributed by atoms with E-state index in [0.29, 0.717) is 12.5 Å². The molecule has 0 saturated carbocycles. The largest absolute Gasteiger partial charge is 0.374 e. The van der Waals surface area contributed by atoms with E-state index in [2.05, 4.69) is 50.4 Å². The number of aliphatic imine (C=N–C) groups is 1. The van der Waals surface area contributed by atoms with Crippen LogP contribution in [0.4, 0.5) is 0 Å². The molecule has 0 radical (unpaired) electrons. The SMILES string of the molecule is CN=C(NCc1ccc(-n2ccnc2C)nc1)NCC1CN(CC(C)C)CCO1. The smallest absolute Gasteiger partial charge is 0.191 e. The number of ether oxygens (including phenoxy) is 1. The summed E-state index contributed by atoms with van der Waals surface area (Å²) < 4.78 is 7.86. The number of aromatic nitrogens is 3. The maximum Gasteiger partial charge on any atom is 0.191 e. The first kappa shape index (κ1) is 21.3. The molecule has 0 amide bonds. The quantitative estimate of drug-likeness (QED) is 0.544. The summed E-state index contributed by atoms with van der Waals surface area (Å²) in [7, 11) is 1.78. The number of imidazole rings is 1. The van der Waals surface area contributed by atoms with Gasteiger partial charge in [0.25, 0.3) is 0 Å². The Morgan fingerprint density at radius 3 is 2.83 bits per heavy atom. The summed E-state index contributed by atoms with van der Waals surface area (Å²) in [6, 6.07) is 4.07. The Morgan fingerprint density at radius 1 is 1.31 bits per heavy atom. The zero-order chi connectivity index (χ0) is 20.6. The Morgan fingerprint density at radius 2 is 2.17 bits per heavy atom. The zero-order valence-electron chi connectivity index (χ0n) is 17.9. The first-order valence-electron chi connectivity index (χ1n) is 10.3. The van der Waals surface area contributed by atoms with Crippen molar-refractivity contribution in [2.75, 3.05) is 39.8 Å². The lowest BCUT2D eigenvalue weighted by atomic mass is 10.2. The number of hydrogen-bond acceptors (Lipinski definition) is 5. The van der Waals surface area contributed by atoms with Crippen LogP contribution in [0.15, 0.2) is 35.7 Å². The molecule has 2 N–H and O–H groups in total. The van der Waals surface area contributed by atoms with Gasteiger partial charge in [0.05, 0.1) is 12.7 Å². The van der Waals surface area contributed by atoms with Gasteiger partial charge in [-0.1, -0.05) is 19.9 Å². The molecule has 8 heteroatoms. The third kappa shape index (κ3) is 6.27. The fourth-order valence-electron chi connectivity index (χ4n) is 3.49. The van der Waals surface area contributed by atoms with Gasteiger partial charge in [0.15, 0.2) is 5.96 Å². The minimum absolute atomic E-state index is 0.181. The summed E-state index contributed by atoms with van der Waals surface area (Å²) in [5.74, 6) is 3.23. The molecular weight excluding hydrogens is 366 g/mol. The van der Waals surface area contributed by atoms with Crippen LogP contribution in [-0.2, 0) is 11.3 Å². The molecule has 0 aromatic carbocycles. The summed E-state index contributed by atoms with van der Waals surface area (Å²) in [5.41, 5.74) is 1.09. The molecule has 29 heavy (non-hydrogen) atoms. The van der Waals surface area contributed by atoms with Gasteiger partial charge >= 0.3 is 0 Å². The van der Waals surface area contributed by atoms with Gasteiger partial charge in [-0.3, -0.25) is 14.5 Å². The molecule has 1 fully saturated rings. The van der Waals surface area contributed by atoms with E-state index in [1.807, 2.05) is 30.0 Å². The van der Waals surface area contributed by atoms with Crippen LogP contribution >= 0.6 is 0 Å². The number of guanidine groups is 1. The lowest BCUT2D eigenvalue weighted by molar-refractivity contribution is -0.0284. The molecule has 158 valence electrons. The van der Waals surface area contributed by atoms with Crippen LogP contribution in [-0.4, -0.2) is 71.3 Å². The Kier molecular flexibility index (Phi) is 7.60. The minimum Gasteiger partial charge on any atom is -0.374 e. The second-order valence-electron chi connectivity index (χ2n) is 7.82. The first-order chi connectivity index (χ1) is 14.0. The number of nitrogens with one attached hydrogen (secondary N) is 2. The van der Waals surface area contributed by atoms with E-state index in [-0.39, 0.29) is 6.10 Å². The predicted octanol–water partition coefficient (Wildman–Crippen LogP) is 1.60. The fraction of sp³-hybridized carbons (Fsp3) is 0.571. The summed E-state index contributed by atoms with van der Waals surface area (Å²) in [5, 5.41) is 6.72.